The average molecular weight is 143 g/mol. The van der Waals surface area contributed by atoms with Gasteiger partial charge in [0.25, 0.3) is 0 Å². The molecule has 0 aliphatic heterocycles. The molecule has 30 valence electrons. The van der Waals surface area contributed by atoms with E-state index in [9.17, 15) is 0 Å². The summed E-state index contributed by atoms with van der Waals surface area (Å²) in [5, 5.41) is 0. The Morgan fingerprint density at radius 3 is 2.60 bits per heavy atom. The number of rotatable bonds is 1. The van der Waals surface area contributed by atoms with Crippen molar-refractivity contribution in [3.63, 3.8) is 0 Å². The van der Waals surface area contributed by atoms with Crippen molar-refractivity contribution < 1.29 is 0 Å². The third-order valence-corrected chi connectivity index (χ3v) is 2.43. The molecule has 0 saturated heterocycles. The van der Waals surface area contributed by atoms with E-state index < -0.39 is 0 Å². The fourth-order valence-corrected chi connectivity index (χ4v) is 1.74. The van der Waals surface area contributed by atoms with Gasteiger partial charge in [0.15, 0.2) is 0 Å². The highest BCUT2D eigenvalue weighted by Gasteiger charge is 1.49. The third-order valence-electron chi connectivity index (χ3n) is 0.0900. The van der Waals surface area contributed by atoms with E-state index in [-0.39, 0.29) is 0 Å². The van der Waals surface area contributed by atoms with E-state index in [2.05, 4.69) is 24.2 Å². The van der Waals surface area contributed by atoms with Crippen LogP contribution in [0, 0.1) is 0 Å². The van der Waals surface area contributed by atoms with Crippen molar-refractivity contribution in [1.29, 1.82) is 0 Å². The van der Waals surface area contributed by atoms with Gasteiger partial charge in [-0.3, -0.25) is 0 Å². The van der Waals surface area contributed by atoms with Crippen LogP contribution in [0.5, 0.6) is 0 Å². The van der Waals surface area contributed by atoms with Gasteiger partial charge in [-0.25, -0.2) is 0 Å². The predicted molar refractivity (Wildman–Crippen MR) is 35.2 cm³/mol. The lowest BCUT2D eigenvalue weighted by atomic mass is 13.9. The fourth-order valence-electron chi connectivity index (χ4n) is 0.0215. The summed E-state index contributed by atoms with van der Waals surface area (Å²) < 4.78 is 3.69. The molecular weight excluding hydrogens is 140 g/mol. The number of hydrogen-bond donors (Lipinski definition) is 0. The molecule has 0 bridgehead atoms. The van der Waals surface area contributed by atoms with Crippen LogP contribution in [0.3, 0.4) is 0 Å². The van der Waals surface area contributed by atoms with Crippen molar-refractivity contribution in [2.24, 2.45) is 4.13 Å². The molecule has 0 rings (SSSR count). The maximum absolute atomic E-state index is 4.39. The molecule has 1 nitrogen and oxygen atoms in total. The molecule has 0 saturated carbocycles. The van der Waals surface area contributed by atoms with Crippen molar-refractivity contribution in [3.05, 3.63) is 0 Å². The Bertz CT molecular complexity index is 54.7. The molecule has 5 heteroatoms. The highest BCUT2D eigenvalue weighted by atomic mass is 32.8. The highest BCUT2D eigenvalue weighted by Crippen LogP contribution is 2.19. The smallest absolute Gasteiger partial charge is 0.0344 e. The molecule has 0 aliphatic rings. The first-order valence-corrected chi connectivity index (χ1v) is 5.32. The average Bonchev–Trinajstić information content (AvgIpc) is 1.41. The first kappa shape index (κ1) is 6.10. The Morgan fingerprint density at radius 1 is 2.00 bits per heavy atom. The topological polar surface area (TPSA) is 12.4 Å². The number of nitrogens with zero attached hydrogens (tertiary/aromatic N) is 1. The first-order valence-electron chi connectivity index (χ1n) is 0.862. The van der Waals surface area contributed by atoms with Crippen LogP contribution in [0.4, 0.5) is 0 Å². The Kier molecular flexibility index (Phi) is 6.22. The predicted octanol–water partition coefficient (Wildman–Crippen LogP) is 1.10. The molecule has 5 heavy (non-hydrogen) atoms. The first-order chi connectivity index (χ1) is 2.41. The summed E-state index contributed by atoms with van der Waals surface area (Å²) in [7, 11) is 4.13. The van der Waals surface area contributed by atoms with E-state index in [1.807, 2.05) is 0 Å². The van der Waals surface area contributed by atoms with Crippen LogP contribution in [0.2, 0.25) is 0 Å². The van der Waals surface area contributed by atoms with Gasteiger partial charge in [-0.05, 0) is 0 Å². The van der Waals surface area contributed by atoms with Crippen LogP contribution >= 0.6 is 17.3 Å². The van der Waals surface area contributed by atoms with Crippen LogP contribution in [0.1, 0.15) is 0 Å². The van der Waals surface area contributed by atoms with Crippen molar-refractivity contribution in [2.45, 2.75) is 0 Å². The zero-order valence-corrected chi connectivity index (χ0v) is 6.13. The van der Waals surface area contributed by atoms with Gasteiger partial charge in [-0.1, -0.05) is 8.93 Å². The second-order valence-corrected chi connectivity index (χ2v) is 2.65. The Hall–Kier alpha value is 1.10. The second-order valence-electron chi connectivity index (χ2n) is 0.295. The van der Waals surface area contributed by atoms with Gasteiger partial charge in [0.05, 0.1) is 0 Å². The third kappa shape index (κ3) is 5.10. The van der Waals surface area contributed by atoms with Gasteiger partial charge < -0.3 is 0 Å². The minimum Gasteiger partial charge on any atom is -0.196 e. The van der Waals surface area contributed by atoms with Crippen molar-refractivity contribution in [3.8, 4) is 0 Å². The van der Waals surface area contributed by atoms with E-state index in [1.54, 1.807) is 0 Å². The standard InChI is InChI=1S/H3NP2S2/c2-3-1-5-4/h3H,2H2. The summed E-state index contributed by atoms with van der Waals surface area (Å²) in [5.41, 5.74) is 0. The van der Waals surface area contributed by atoms with E-state index in [0.717, 1.165) is 10.1 Å². The molecular formula is H3NP2S2. The van der Waals surface area contributed by atoms with Crippen molar-refractivity contribution in [1.82, 2.24) is 0 Å². The highest BCUT2D eigenvalue weighted by molar-refractivity contribution is 8.15. The molecule has 0 aromatic heterocycles. The van der Waals surface area contributed by atoms with Crippen molar-refractivity contribution in [2.75, 3.05) is 0 Å². The zero-order chi connectivity index (χ0) is 4.12. The van der Waals surface area contributed by atoms with Crippen molar-refractivity contribution >= 4 is 38.7 Å². The number of hydrogen-bond acceptors (Lipinski definition) is 2. The van der Waals surface area contributed by atoms with Gasteiger partial charge in [-0.15, -0.1) is 0 Å². The van der Waals surface area contributed by atoms with Gasteiger partial charge in [0, 0.05) is 29.7 Å². The summed E-state index contributed by atoms with van der Waals surface area (Å²) in [4.78, 5) is 0. The van der Waals surface area contributed by atoms with Crippen LogP contribution in [-0.4, -0.2) is 0 Å². The van der Waals surface area contributed by atoms with Gasteiger partial charge in [0.1, 0.15) is 0 Å². The summed E-state index contributed by atoms with van der Waals surface area (Å²) in [6, 6.07) is 0. The lowest BCUT2D eigenvalue weighted by Crippen LogP contribution is -1.16. The molecule has 0 aromatic carbocycles. The summed E-state index contributed by atoms with van der Waals surface area (Å²) in [6.45, 7) is 0. The minimum absolute atomic E-state index is 0.558. The molecule has 0 aromatic rings. The monoisotopic (exact) mass is 143 g/mol. The molecule has 0 spiro atoms. The van der Waals surface area contributed by atoms with E-state index in [4.69, 9.17) is 0 Å². The second kappa shape index (κ2) is 5.10. The van der Waals surface area contributed by atoms with Crippen LogP contribution in [0.15, 0.2) is 4.13 Å². The molecule has 0 N–H and O–H groups in total. The van der Waals surface area contributed by atoms with Crippen LogP contribution in [-0.2, 0) is 21.3 Å². The normalized spacial score (nSPS) is 9.00. The molecule has 0 fully saturated rings. The molecule has 2 atom stereocenters. The van der Waals surface area contributed by atoms with Gasteiger partial charge in [-0.2, -0.15) is 4.13 Å². The van der Waals surface area contributed by atoms with E-state index in [1.165, 1.54) is 0 Å². The molecule has 0 radical (unpaired) electrons. The van der Waals surface area contributed by atoms with E-state index in [0.29, 0.717) is 8.42 Å². The minimum atomic E-state index is 0.558. The van der Waals surface area contributed by atoms with Gasteiger partial charge >= 0.3 is 0 Å². The Labute approximate surface area is 43.2 Å². The van der Waals surface area contributed by atoms with Gasteiger partial charge in [0.2, 0.25) is 0 Å². The maximum Gasteiger partial charge on any atom is 0.0344 e. The molecule has 0 amide bonds. The zero-order valence-electron chi connectivity index (χ0n) is 2.34. The van der Waals surface area contributed by atoms with E-state index >= 15 is 0 Å². The Morgan fingerprint density at radius 2 is 2.60 bits per heavy atom. The SMILES string of the molecule is PPN=S=S. The Balaban J connectivity index is 2.93. The largest absolute Gasteiger partial charge is 0.196 e. The quantitative estimate of drug-likeness (QED) is 0.500. The molecule has 0 heterocycles. The summed E-state index contributed by atoms with van der Waals surface area (Å²) >= 11 is 4.39. The fraction of sp³-hybridized carbons (Fsp3) is 0. The molecule has 2 unspecified atom stereocenters. The summed E-state index contributed by atoms with van der Waals surface area (Å²) in [5.74, 6) is 0. The molecule has 0 aliphatic carbocycles. The lowest BCUT2D eigenvalue weighted by molar-refractivity contribution is 2.11. The maximum atomic E-state index is 4.39. The van der Waals surface area contributed by atoms with Crippen LogP contribution in [0.25, 0.3) is 0 Å². The van der Waals surface area contributed by atoms with Crippen LogP contribution < -0.4 is 0 Å². The summed E-state index contributed by atoms with van der Waals surface area (Å²) in [6.07, 6.45) is 0. The lowest BCUT2D eigenvalue weighted by Gasteiger charge is -1.60.